The number of rotatable bonds is 4. The second kappa shape index (κ2) is 7.68. The van der Waals surface area contributed by atoms with E-state index in [0.29, 0.717) is 35.3 Å². The van der Waals surface area contributed by atoms with E-state index >= 15 is 0 Å². The molecule has 28 heavy (non-hydrogen) atoms. The second-order valence-corrected chi connectivity index (χ2v) is 7.01. The number of halogens is 1. The van der Waals surface area contributed by atoms with Gasteiger partial charge in [0.05, 0.1) is 16.1 Å². The predicted molar refractivity (Wildman–Crippen MR) is 107 cm³/mol. The number of para-hydroxylation sites is 1. The lowest BCUT2D eigenvalue weighted by Gasteiger charge is -2.20. The summed E-state index contributed by atoms with van der Waals surface area (Å²) in [6.45, 7) is 4.96. The number of pyridine rings is 1. The fourth-order valence-electron chi connectivity index (χ4n) is 3.43. The smallest absolute Gasteiger partial charge is 0.339 e. The third kappa shape index (κ3) is 3.38. The number of nitrogens with zero attached hydrogens (tertiary/aromatic N) is 1. The van der Waals surface area contributed by atoms with Gasteiger partial charge in [0.15, 0.2) is 11.5 Å². The highest BCUT2D eigenvalue weighted by molar-refractivity contribution is 6.32. The maximum Gasteiger partial charge on any atom is 0.339 e. The predicted octanol–water partition coefficient (Wildman–Crippen LogP) is 4.89. The Kier molecular flexibility index (Phi) is 5.09. The Labute approximate surface area is 168 Å². The number of hydrogen-bond donors (Lipinski definition) is 0. The molecule has 4 rings (SSSR count). The zero-order valence-electron chi connectivity index (χ0n) is 15.8. The van der Waals surface area contributed by atoms with Crippen LogP contribution in [0.4, 0.5) is 0 Å². The number of aromatic nitrogens is 1. The Morgan fingerprint density at radius 2 is 2.00 bits per heavy atom. The van der Waals surface area contributed by atoms with Gasteiger partial charge in [0.25, 0.3) is 0 Å². The van der Waals surface area contributed by atoms with Crippen LogP contribution < -0.4 is 9.47 Å². The van der Waals surface area contributed by atoms with Gasteiger partial charge in [-0.1, -0.05) is 36.7 Å². The number of carbonyl (C=O) groups is 1. The van der Waals surface area contributed by atoms with E-state index in [9.17, 15) is 4.79 Å². The van der Waals surface area contributed by atoms with Crippen molar-refractivity contribution >= 4 is 28.5 Å². The Balaban J connectivity index is 1.63. The fraction of sp³-hybridized carbons (Fsp3) is 0.273. The molecule has 0 unspecified atom stereocenters. The molecule has 144 valence electrons. The molecular weight excluding hydrogens is 378 g/mol. The standard InChI is InChI=1S/C22H20ClNO4/c1-3-17-13(2)20(15-6-4-5-7-18(15)24-17)22(25)28-12-14-10-16(23)21-19(11-14)26-8-9-27-21/h4-7,10-11H,3,8-9,12H2,1-2H3. The van der Waals surface area contributed by atoms with Crippen molar-refractivity contribution in [3.8, 4) is 11.5 Å². The Morgan fingerprint density at radius 1 is 1.21 bits per heavy atom. The third-order valence-electron chi connectivity index (χ3n) is 4.80. The SMILES string of the molecule is CCc1nc2ccccc2c(C(=O)OCc2cc(Cl)c3c(c2)OCCO3)c1C. The first kappa shape index (κ1) is 18.6. The second-order valence-electron chi connectivity index (χ2n) is 6.61. The normalized spacial score (nSPS) is 12.8. The fourth-order valence-corrected chi connectivity index (χ4v) is 3.72. The average molecular weight is 398 g/mol. The van der Waals surface area contributed by atoms with Gasteiger partial charge in [0.2, 0.25) is 0 Å². The van der Waals surface area contributed by atoms with E-state index < -0.39 is 0 Å². The molecule has 5 nitrogen and oxygen atoms in total. The van der Waals surface area contributed by atoms with Gasteiger partial charge < -0.3 is 14.2 Å². The van der Waals surface area contributed by atoms with Gasteiger partial charge in [-0.15, -0.1) is 0 Å². The molecule has 0 spiro atoms. The summed E-state index contributed by atoms with van der Waals surface area (Å²) in [7, 11) is 0. The molecule has 0 radical (unpaired) electrons. The van der Waals surface area contributed by atoms with Crippen LogP contribution >= 0.6 is 11.6 Å². The third-order valence-corrected chi connectivity index (χ3v) is 5.08. The Hall–Kier alpha value is -2.79. The quantitative estimate of drug-likeness (QED) is 0.587. The van der Waals surface area contributed by atoms with Crippen molar-refractivity contribution in [1.82, 2.24) is 4.98 Å². The Morgan fingerprint density at radius 3 is 2.82 bits per heavy atom. The zero-order chi connectivity index (χ0) is 19.7. The molecule has 1 aliphatic rings. The van der Waals surface area contributed by atoms with Crippen molar-refractivity contribution in [3.63, 3.8) is 0 Å². The summed E-state index contributed by atoms with van der Waals surface area (Å²) in [6.07, 6.45) is 0.745. The van der Waals surface area contributed by atoms with Crippen LogP contribution in [0.15, 0.2) is 36.4 Å². The van der Waals surface area contributed by atoms with E-state index in [-0.39, 0.29) is 12.6 Å². The molecular formula is C22H20ClNO4. The first-order chi connectivity index (χ1) is 13.6. The molecule has 0 amide bonds. The van der Waals surface area contributed by atoms with Crippen LogP contribution in [0, 0.1) is 6.92 Å². The summed E-state index contributed by atoms with van der Waals surface area (Å²) in [4.78, 5) is 17.6. The molecule has 1 aromatic heterocycles. The minimum atomic E-state index is -0.378. The number of aryl methyl sites for hydroxylation is 1. The van der Waals surface area contributed by atoms with Crippen molar-refractivity contribution in [3.05, 3.63) is 63.8 Å². The molecule has 0 N–H and O–H groups in total. The van der Waals surface area contributed by atoms with Crippen molar-refractivity contribution in [2.45, 2.75) is 26.9 Å². The summed E-state index contributed by atoms with van der Waals surface area (Å²) in [6, 6.07) is 11.1. The van der Waals surface area contributed by atoms with Gasteiger partial charge in [0.1, 0.15) is 19.8 Å². The van der Waals surface area contributed by atoms with E-state index in [1.165, 1.54) is 0 Å². The van der Waals surface area contributed by atoms with Gasteiger partial charge in [-0.05, 0) is 42.7 Å². The summed E-state index contributed by atoms with van der Waals surface area (Å²) < 4.78 is 16.7. The van der Waals surface area contributed by atoms with Crippen molar-refractivity contribution in [2.24, 2.45) is 0 Å². The van der Waals surface area contributed by atoms with Gasteiger partial charge in [-0.25, -0.2) is 4.79 Å². The topological polar surface area (TPSA) is 57.7 Å². The number of benzene rings is 2. The summed E-state index contributed by atoms with van der Waals surface area (Å²) >= 11 is 6.27. The molecule has 0 fully saturated rings. The molecule has 3 aromatic rings. The van der Waals surface area contributed by atoms with Gasteiger partial charge in [-0.3, -0.25) is 4.98 Å². The number of fused-ring (bicyclic) bond motifs is 2. The van der Waals surface area contributed by atoms with E-state index in [2.05, 4.69) is 4.98 Å². The number of ether oxygens (including phenoxy) is 3. The van der Waals surface area contributed by atoms with Crippen LogP contribution in [-0.4, -0.2) is 24.2 Å². The minimum Gasteiger partial charge on any atom is -0.486 e. The largest absolute Gasteiger partial charge is 0.486 e. The van der Waals surface area contributed by atoms with Crippen molar-refractivity contribution in [2.75, 3.05) is 13.2 Å². The van der Waals surface area contributed by atoms with Crippen LogP contribution in [0.3, 0.4) is 0 Å². The molecule has 0 bridgehead atoms. The highest BCUT2D eigenvalue weighted by atomic mass is 35.5. The number of carbonyl (C=O) groups excluding carboxylic acids is 1. The maximum atomic E-state index is 13.0. The van der Waals surface area contributed by atoms with Crippen molar-refractivity contribution in [1.29, 1.82) is 0 Å². The molecule has 2 aromatic carbocycles. The van der Waals surface area contributed by atoms with Crippen LogP contribution in [0.25, 0.3) is 10.9 Å². The van der Waals surface area contributed by atoms with Crippen LogP contribution in [0.1, 0.15) is 34.1 Å². The summed E-state index contributed by atoms with van der Waals surface area (Å²) in [5.41, 5.74) is 3.85. The minimum absolute atomic E-state index is 0.0900. The maximum absolute atomic E-state index is 13.0. The van der Waals surface area contributed by atoms with Crippen LogP contribution in [-0.2, 0) is 17.8 Å². The molecule has 0 aliphatic carbocycles. The first-order valence-corrected chi connectivity index (χ1v) is 9.59. The van der Waals surface area contributed by atoms with E-state index in [1.807, 2.05) is 38.1 Å². The van der Waals surface area contributed by atoms with E-state index in [1.54, 1.807) is 12.1 Å². The zero-order valence-corrected chi connectivity index (χ0v) is 16.5. The van der Waals surface area contributed by atoms with Crippen LogP contribution in [0.5, 0.6) is 11.5 Å². The first-order valence-electron chi connectivity index (χ1n) is 9.21. The molecule has 2 heterocycles. The van der Waals surface area contributed by atoms with Gasteiger partial charge in [-0.2, -0.15) is 0 Å². The molecule has 1 aliphatic heterocycles. The van der Waals surface area contributed by atoms with Gasteiger partial charge in [0, 0.05) is 11.1 Å². The lowest BCUT2D eigenvalue weighted by molar-refractivity contribution is 0.0473. The van der Waals surface area contributed by atoms with Gasteiger partial charge >= 0.3 is 5.97 Å². The molecule has 0 saturated carbocycles. The lowest BCUT2D eigenvalue weighted by Crippen LogP contribution is -2.16. The summed E-state index contributed by atoms with van der Waals surface area (Å²) in [5, 5.41) is 1.24. The number of hydrogen-bond acceptors (Lipinski definition) is 5. The average Bonchev–Trinajstić information content (AvgIpc) is 2.71. The number of esters is 1. The molecule has 0 saturated heterocycles. The molecule has 0 atom stereocenters. The highest BCUT2D eigenvalue weighted by Gasteiger charge is 2.20. The monoisotopic (exact) mass is 397 g/mol. The molecule has 6 heteroatoms. The Bertz CT molecular complexity index is 1060. The van der Waals surface area contributed by atoms with Crippen LogP contribution in [0.2, 0.25) is 5.02 Å². The van der Waals surface area contributed by atoms with E-state index in [4.69, 9.17) is 25.8 Å². The van der Waals surface area contributed by atoms with E-state index in [0.717, 1.165) is 34.1 Å². The summed E-state index contributed by atoms with van der Waals surface area (Å²) in [5.74, 6) is 0.729. The highest BCUT2D eigenvalue weighted by Crippen LogP contribution is 2.38. The van der Waals surface area contributed by atoms with Crippen molar-refractivity contribution < 1.29 is 19.0 Å². The lowest BCUT2D eigenvalue weighted by atomic mass is 10.0.